The smallest absolute Gasteiger partial charge is 0.249 e. The third-order valence-electron chi connectivity index (χ3n) is 5.85. The van der Waals surface area contributed by atoms with Crippen LogP contribution in [0.3, 0.4) is 0 Å². The van der Waals surface area contributed by atoms with E-state index in [0.29, 0.717) is 29.7 Å². The number of rotatable bonds is 7. The Bertz CT molecular complexity index is 1300. The lowest BCUT2D eigenvalue weighted by Gasteiger charge is -2.39. The van der Waals surface area contributed by atoms with E-state index in [9.17, 15) is 18.0 Å². The molecular weight excluding hydrogens is 487 g/mol. The van der Waals surface area contributed by atoms with Crippen LogP contribution in [0.4, 0.5) is 30.6 Å². The Morgan fingerprint density at radius 1 is 1.16 bits per heavy atom. The number of halogens is 3. The molecule has 0 aliphatic carbocycles. The quantitative estimate of drug-likeness (QED) is 0.457. The second-order valence-electron chi connectivity index (χ2n) is 10.1. The van der Waals surface area contributed by atoms with E-state index in [2.05, 4.69) is 25.7 Å². The Kier molecular flexibility index (Phi) is 7.13. The van der Waals surface area contributed by atoms with Crippen LogP contribution in [0.1, 0.15) is 44.5 Å². The number of carbonyl (C=O) groups is 1. The van der Waals surface area contributed by atoms with Crippen LogP contribution in [0.5, 0.6) is 0 Å². The van der Waals surface area contributed by atoms with E-state index < -0.39 is 35.2 Å². The molecule has 2 atom stereocenters. The number of fused-ring (bicyclic) bond motifs is 1. The van der Waals surface area contributed by atoms with E-state index in [-0.39, 0.29) is 18.0 Å². The summed E-state index contributed by atoms with van der Waals surface area (Å²) in [5.74, 6) is -3.24. The first-order valence-electron chi connectivity index (χ1n) is 11.8. The van der Waals surface area contributed by atoms with Crippen molar-refractivity contribution in [2.45, 2.75) is 65.5 Å². The number of amides is 1. The van der Waals surface area contributed by atoms with Crippen molar-refractivity contribution in [3.05, 3.63) is 58.8 Å². The summed E-state index contributed by atoms with van der Waals surface area (Å²) in [6, 6.07) is 1.31. The van der Waals surface area contributed by atoms with Gasteiger partial charge in [-0.05, 0) is 52.3 Å². The molecule has 3 aromatic rings. The van der Waals surface area contributed by atoms with Crippen molar-refractivity contribution >= 4 is 23.4 Å². The number of anilines is 3. The number of carbonyl (C=O) groups excluding carboxylic acids is 1. The number of nitrogens with zero attached hydrogens (tertiary/aromatic N) is 5. The van der Waals surface area contributed by atoms with Crippen LogP contribution in [-0.4, -0.2) is 50.5 Å². The lowest BCUT2D eigenvalue weighted by atomic mass is 10.1. The Morgan fingerprint density at radius 2 is 1.84 bits per heavy atom. The molecule has 1 aliphatic rings. The van der Waals surface area contributed by atoms with Crippen LogP contribution < -0.4 is 15.5 Å². The molecule has 3 heterocycles. The average molecular weight is 518 g/mol. The monoisotopic (exact) mass is 517 g/mol. The highest BCUT2D eigenvalue weighted by Crippen LogP contribution is 2.34. The van der Waals surface area contributed by atoms with Crippen LogP contribution >= 0.6 is 0 Å². The van der Waals surface area contributed by atoms with E-state index in [1.165, 1.54) is 4.68 Å². The SMILES string of the molecule is Cc1nc(NCc2cnn(Cc3cc(F)c(F)c(F)c3)c2)nc2c1NC(=O)[C@H]([C@H](C)OC(C)(C)C)N2C. The van der Waals surface area contributed by atoms with E-state index in [1.54, 1.807) is 31.3 Å². The summed E-state index contributed by atoms with van der Waals surface area (Å²) >= 11 is 0. The molecule has 0 bridgehead atoms. The van der Waals surface area contributed by atoms with Crippen molar-refractivity contribution in [2.24, 2.45) is 0 Å². The van der Waals surface area contributed by atoms with Gasteiger partial charge in [0.1, 0.15) is 11.7 Å². The van der Waals surface area contributed by atoms with Gasteiger partial charge in [0, 0.05) is 25.4 Å². The Balaban J connectivity index is 1.47. The minimum atomic E-state index is -1.50. The summed E-state index contributed by atoms with van der Waals surface area (Å²) < 4.78 is 47.7. The first-order chi connectivity index (χ1) is 17.3. The van der Waals surface area contributed by atoms with Gasteiger partial charge >= 0.3 is 0 Å². The maximum atomic E-state index is 13.5. The van der Waals surface area contributed by atoms with E-state index in [0.717, 1.165) is 17.7 Å². The molecule has 0 unspecified atom stereocenters. The van der Waals surface area contributed by atoms with E-state index >= 15 is 0 Å². The zero-order valence-electron chi connectivity index (χ0n) is 21.6. The number of ether oxygens (including phenoxy) is 1. The van der Waals surface area contributed by atoms with Gasteiger partial charge in [0.15, 0.2) is 23.3 Å². The first kappa shape index (κ1) is 26.4. The molecule has 1 aliphatic heterocycles. The van der Waals surface area contributed by atoms with Gasteiger partial charge in [-0.2, -0.15) is 10.1 Å². The Hall–Kier alpha value is -3.67. The summed E-state index contributed by atoms with van der Waals surface area (Å²) in [6.07, 6.45) is 2.91. The second-order valence-corrected chi connectivity index (χ2v) is 10.1. The van der Waals surface area contributed by atoms with Gasteiger partial charge in [0.05, 0.1) is 30.1 Å². The van der Waals surface area contributed by atoms with Gasteiger partial charge in [-0.15, -0.1) is 0 Å². The van der Waals surface area contributed by atoms with Crippen molar-refractivity contribution in [1.82, 2.24) is 19.7 Å². The van der Waals surface area contributed by atoms with Crippen molar-refractivity contribution in [3.63, 3.8) is 0 Å². The molecule has 1 aromatic carbocycles. The molecule has 2 aromatic heterocycles. The van der Waals surface area contributed by atoms with Crippen LogP contribution in [0, 0.1) is 24.4 Å². The van der Waals surface area contributed by atoms with Gasteiger partial charge in [-0.25, -0.2) is 18.2 Å². The van der Waals surface area contributed by atoms with Gasteiger partial charge in [0.25, 0.3) is 0 Å². The number of hydrogen-bond donors (Lipinski definition) is 2. The number of hydrogen-bond acceptors (Lipinski definition) is 7. The average Bonchev–Trinajstić information content (AvgIpc) is 3.23. The summed E-state index contributed by atoms with van der Waals surface area (Å²) in [4.78, 5) is 23.7. The van der Waals surface area contributed by atoms with Crippen molar-refractivity contribution in [1.29, 1.82) is 0 Å². The highest BCUT2D eigenvalue weighted by molar-refractivity contribution is 6.03. The molecule has 0 fully saturated rings. The molecule has 0 radical (unpaired) electrons. The molecular formula is C25H30F3N7O2. The number of nitrogens with one attached hydrogen (secondary N) is 2. The molecule has 0 spiro atoms. The largest absolute Gasteiger partial charge is 0.370 e. The number of likely N-dealkylation sites (N-methyl/N-ethyl adjacent to an activating group) is 1. The summed E-state index contributed by atoms with van der Waals surface area (Å²) in [5.41, 5.74) is 1.75. The number of aryl methyl sites for hydroxylation is 1. The predicted molar refractivity (Wildman–Crippen MR) is 133 cm³/mol. The maximum Gasteiger partial charge on any atom is 0.249 e. The molecule has 4 rings (SSSR count). The minimum absolute atomic E-state index is 0.0727. The Morgan fingerprint density at radius 3 is 2.49 bits per heavy atom. The number of aromatic nitrogens is 4. The zero-order chi connectivity index (χ0) is 27.1. The normalized spacial score (nSPS) is 16.4. The summed E-state index contributed by atoms with van der Waals surface area (Å²) in [6.45, 7) is 9.85. The van der Waals surface area contributed by atoms with Crippen LogP contribution in [0.25, 0.3) is 0 Å². The topological polar surface area (TPSA) is 97.2 Å². The molecule has 0 saturated heterocycles. The molecule has 9 nitrogen and oxygen atoms in total. The fourth-order valence-electron chi connectivity index (χ4n) is 4.34. The second kappa shape index (κ2) is 10.0. The molecule has 12 heteroatoms. The predicted octanol–water partition coefficient (Wildman–Crippen LogP) is 4.02. The summed E-state index contributed by atoms with van der Waals surface area (Å²) in [5, 5.41) is 10.3. The van der Waals surface area contributed by atoms with Gasteiger partial charge in [-0.1, -0.05) is 0 Å². The molecule has 1 amide bonds. The number of benzene rings is 1. The third-order valence-corrected chi connectivity index (χ3v) is 5.85. The molecule has 198 valence electrons. The van der Waals surface area contributed by atoms with Crippen LogP contribution in [0.15, 0.2) is 24.5 Å². The summed E-state index contributed by atoms with van der Waals surface area (Å²) in [7, 11) is 1.80. The van der Waals surface area contributed by atoms with Crippen LogP contribution in [-0.2, 0) is 22.6 Å². The standard InChI is InChI=1S/C25H30F3N7O2/c1-13-20-22(34(6)21(23(36)32-20)14(2)37-25(3,4)5)33-24(31-13)29-9-16-10-30-35(12-16)11-15-7-17(26)19(28)18(27)8-15/h7-8,10,12,14,21H,9,11H2,1-6H3,(H,32,36)(H,29,31,33)/t14-,21-/m0/s1. The zero-order valence-corrected chi connectivity index (χ0v) is 21.6. The van der Waals surface area contributed by atoms with Gasteiger partial charge < -0.3 is 20.3 Å². The van der Waals surface area contributed by atoms with Crippen molar-refractivity contribution in [2.75, 3.05) is 22.6 Å². The maximum absolute atomic E-state index is 13.5. The Labute approximate surface area is 213 Å². The molecule has 0 saturated carbocycles. The molecule has 2 N–H and O–H groups in total. The first-order valence-corrected chi connectivity index (χ1v) is 11.8. The van der Waals surface area contributed by atoms with Gasteiger partial charge in [-0.3, -0.25) is 9.48 Å². The van der Waals surface area contributed by atoms with Gasteiger partial charge in [0.2, 0.25) is 11.9 Å². The highest BCUT2D eigenvalue weighted by Gasteiger charge is 2.39. The lowest BCUT2D eigenvalue weighted by Crippen LogP contribution is -2.54. The highest BCUT2D eigenvalue weighted by atomic mass is 19.2. The van der Waals surface area contributed by atoms with Crippen molar-refractivity contribution < 1.29 is 22.7 Å². The van der Waals surface area contributed by atoms with E-state index in [4.69, 9.17) is 4.74 Å². The van der Waals surface area contributed by atoms with E-state index in [1.807, 2.05) is 27.7 Å². The van der Waals surface area contributed by atoms with Crippen molar-refractivity contribution in [3.8, 4) is 0 Å². The molecule has 37 heavy (non-hydrogen) atoms. The third kappa shape index (κ3) is 5.85. The fourth-order valence-corrected chi connectivity index (χ4v) is 4.34. The fraction of sp³-hybridized carbons (Fsp3) is 0.440. The lowest BCUT2D eigenvalue weighted by molar-refractivity contribution is -0.124. The minimum Gasteiger partial charge on any atom is -0.370 e. The van der Waals surface area contributed by atoms with Crippen LogP contribution in [0.2, 0.25) is 0 Å².